The topological polar surface area (TPSA) is 50.4 Å². The van der Waals surface area contributed by atoms with E-state index in [1.807, 2.05) is 6.07 Å². The van der Waals surface area contributed by atoms with Gasteiger partial charge in [0, 0.05) is 12.1 Å². The maximum atomic E-state index is 11.3. The molecule has 0 radical (unpaired) electrons. The molecule has 1 heterocycles. The number of fused-ring (bicyclic) bond motifs is 1. The number of amides is 1. The average Bonchev–Trinajstić information content (AvgIpc) is 2.68. The number of benzene rings is 1. The van der Waals surface area contributed by atoms with Crippen molar-refractivity contribution in [2.24, 2.45) is 0 Å². The van der Waals surface area contributed by atoms with Gasteiger partial charge in [-0.1, -0.05) is 37.3 Å². The van der Waals surface area contributed by atoms with Crippen LogP contribution in [0.15, 0.2) is 12.1 Å². The van der Waals surface area contributed by atoms with Crippen LogP contribution in [0.1, 0.15) is 38.5 Å². The summed E-state index contributed by atoms with van der Waals surface area (Å²) in [5, 5.41) is 6.92. The van der Waals surface area contributed by atoms with E-state index in [0.717, 1.165) is 5.69 Å². The van der Waals surface area contributed by atoms with Crippen LogP contribution in [0, 0.1) is 0 Å². The maximum Gasteiger partial charge on any atom is 0.262 e. The Morgan fingerprint density at radius 1 is 1.20 bits per heavy atom. The van der Waals surface area contributed by atoms with Crippen molar-refractivity contribution in [2.45, 2.75) is 44.6 Å². The molecular weight excluding hydrogens is 276 g/mol. The minimum atomic E-state index is -0.141. The van der Waals surface area contributed by atoms with Crippen molar-refractivity contribution in [3.05, 3.63) is 17.2 Å². The summed E-state index contributed by atoms with van der Waals surface area (Å²) in [5.41, 5.74) is 1.55. The Kier molecular flexibility index (Phi) is 4.01. The van der Waals surface area contributed by atoms with Gasteiger partial charge in [-0.25, -0.2) is 0 Å². The van der Waals surface area contributed by atoms with Gasteiger partial charge in [-0.05, 0) is 18.9 Å². The van der Waals surface area contributed by atoms with Crippen LogP contribution >= 0.6 is 11.6 Å². The van der Waals surface area contributed by atoms with E-state index >= 15 is 0 Å². The number of anilines is 2. The van der Waals surface area contributed by atoms with Gasteiger partial charge in [0.1, 0.15) is 5.75 Å². The van der Waals surface area contributed by atoms with E-state index in [1.54, 1.807) is 6.07 Å². The lowest BCUT2D eigenvalue weighted by Crippen LogP contribution is -2.25. The monoisotopic (exact) mass is 294 g/mol. The minimum Gasteiger partial charge on any atom is -0.482 e. The van der Waals surface area contributed by atoms with Crippen LogP contribution in [0.25, 0.3) is 0 Å². The van der Waals surface area contributed by atoms with E-state index in [-0.39, 0.29) is 12.5 Å². The second kappa shape index (κ2) is 5.92. The van der Waals surface area contributed by atoms with Crippen molar-refractivity contribution in [3.63, 3.8) is 0 Å². The highest BCUT2D eigenvalue weighted by atomic mass is 35.5. The first kappa shape index (κ1) is 13.6. The summed E-state index contributed by atoms with van der Waals surface area (Å²) in [6.07, 6.45) is 7.56. The van der Waals surface area contributed by atoms with E-state index in [0.29, 0.717) is 22.5 Å². The second-order valence-electron chi connectivity index (χ2n) is 5.50. The highest BCUT2D eigenvalue weighted by Crippen LogP contribution is 2.37. The molecule has 2 N–H and O–H groups in total. The largest absolute Gasteiger partial charge is 0.482 e. The Balaban J connectivity index is 1.77. The first-order valence-corrected chi connectivity index (χ1v) is 7.63. The molecule has 108 valence electrons. The smallest absolute Gasteiger partial charge is 0.262 e. The first-order valence-electron chi connectivity index (χ1n) is 7.25. The molecule has 5 heteroatoms. The molecule has 0 spiro atoms. The SMILES string of the molecule is O=C1COc2cc(NC3CCCCCC3)c(Cl)cc2N1. The molecule has 1 fully saturated rings. The maximum absolute atomic E-state index is 11.3. The molecule has 0 atom stereocenters. The summed E-state index contributed by atoms with van der Waals surface area (Å²) in [4.78, 5) is 11.3. The standard InChI is InChI=1S/C15H19ClN2O2/c16-11-7-13-14(20-9-15(19)18-13)8-12(11)17-10-5-3-1-2-4-6-10/h7-8,10,17H,1-6,9H2,(H,18,19). The minimum absolute atomic E-state index is 0.0670. The molecule has 2 aliphatic rings. The van der Waals surface area contributed by atoms with Gasteiger partial charge >= 0.3 is 0 Å². The Morgan fingerprint density at radius 3 is 2.70 bits per heavy atom. The number of hydrogen-bond donors (Lipinski definition) is 2. The van der Waals surface area contributed by atoms with Crippen LogP contribution in [-0.4, -0.2) is 18.6 Å². The van der Waals surface area contributed by atoms with Crippen molar-refractivity contribution >= 4 is 28.9 Å². The first-order chi connectivity index (χ1) is 9.72. The molecule has 1 aromatic carbocycles. The van der Waals surface area contributed by atoms with E-state index in [1.165, 1.54) is 38.5 Å². The van der Waals surface area contributed by atoms with E-state index in [4.69, 9.17) is 16.3 Å². The van der Waals surface area contributed by atoms with Crippen molar-refractivity contribution in [1.29, 1.82) is 0 Å². The molecular formula is C15H19ClN2O2. The predicted octanol–water partition coefficient (Wildman–Crippen LogP) is 3.81. The van der Waals surface area contributed by atoms with E-state index in [9.17, 15) is 4.79 Å². The fourth-order valence-corrected chi connectivity index (χ4v) is 3.07. The quantitative estimate of drug-likeness (QED) is 0.816. The molecule has 4 nitrogen and oxygen atoms in total. The number of carbonyl (C=O) groups is 1. The second-order valence-corrected chi connectivity index (χ2v) is 5.91. The Labute approximate surface area is 123 Å². The van der Waals surface area contributed by atoms with Crippen LogP contribution in [-0.2, 0) is 4.79 Å². The lowest BCUT2D eigenvalue weighted by Gasteiger charge is -2.23. The summed E-state index contributed by atoms with van der Waals surface area (Å²) in [5.74, 6) is 0.545. The summed E-state index contributed by atoms with van der Waals surface area (Å²) >= 11 is 6.30. The average molecular weight is 295 g/mol. The van der Waals surface area contributed by atoms with Gasteiger partial charge in [0.25, 0.3) is 5.91 Å². The van der Waals surface area contributed by atoms with Crippen LogP contribution in [0.3, 0.4) is 0 Å². The van der Waals surface area contributed by atoms with Crippen molar-refractivity contribution < 1.29 is 9.53 Å². The normalized spacial score (nSPS) is 19.6. The Morgan fingerprint density at radius 2 is 1.95 bits per heavy atom. The number of rotatable bonds is 2. The molecule has 1 amide bonds. The molecule has 1 aliphatic heterocycles. The van der Waals surface area contributed by atoms with Gasteiger partial charge in [0.15, 0.2) is 6.61 Å². The lowest BCUT2D eigenvalue weighted by molar-refractivity contribution is -0.118. The van der Waals surface area contributed by atoms with Crippen molar-refractivity contribution in [1.82, 2.24) is 0 Å². The highest BCUT2D eigenvalue weighted by Gasteiger charge is 2.20. The molecule has 0 unspecified atom stereocenters. The molecule has 0 bridgehead atoms. The zero-order valence-electron chi connectivity index (χ0n) is 11.4. The number of carbonyl (C=O) groups excluding carboxylic acids is 1. The van der Waals surface area contributed by atoms with Crippen LogP contribution in [0.5, 0.6) is 5.75 Å². The van der Waals surface area contributed by atoms with Gasteiger partial charge in [0.05, 0.1) is 16.4 Å². The van der Waals surface area contributed by atoms with Crippen LogP contribution in [0.2, 0.25) is 5.02 Å². The molecule has 1 saturated carbocycles. The molecule has 0 aromatic heterocycles. The zero-order valence-corrected chi connectivity index (χ0v) is 12.1. The van der Waals surface area contributed by atoms with Crippen LogP contribution in [0.4, 0.5) is 11.4 Å². The van der Waals surface area contributed by atoms with E-state index in [2.05, 4.69) is 10.6 Å². The molecule has 1 aromatic rings. The van der Waals surface area contributed by atoms with Gasteiger partial charge < -0.3 is 15.4 Å². The Bertz CT molecular complexity index is 511. The fourth-order valence-electron chi connectivity index (χ4n) is 2.85. The molecule has 3 rings (SSSR count). The Hall–Kier alpha value is -1.42. The summed E-state index contributed by atoms with van der Waals surface area (Å²) in [6, 6.07) is 4.13. The summed E-state index contributed by atoms with van der Waals surface area (Å²) in [7, 11) is 0. The third-order valence-electron chi connectivity index (χ3n) is 3.92. The van der Waals surface area contributed by atoms with Gasteiger partial charge in [-0.15, -0.1) is 0 Å². The van der Waals surface area contributed by atoms with Gasteiger partial charge in [0.2, 0.25) is 0 Å². The van der Waals surface area contributed by atoms with Gasteiger partial charge in [-0.2, -0.15) is 0 Å². The zero-order chi connectivity index (χ0) is 13.9. The molecule has 1 aliphatic carbocycles. The summed E-state index contributed by atoms with van der Waals surface area (Å²) < 4.78 is 5.43. The van der Waals surface area contributed by atoms with Crippen molar-refractivity contribution in [2.75, 3.05) is 17.2 Å². The van der Waals surface area contributed by atoms with E-state index < -0.39 is 0 Å². The number of hydrogen-bond acceptors (Lipinski definition) is 3. The number of halogens is 1. The fraction of sp³-hybridized carbons (Fsp3) is 0.533. The van der Waals surface area contributed by atoms with Crippen molar-refractivity contribution in [3.8, 4) is 5.75 Å². The van der Waals surface area contributed by atoms with Crippen LogP contribution < -0.4 is 15.4 Å². The number of ether oxygens (including phenoxy) is 1. The summed E-state index contributed by atoms with van der Waals surface area (Å²) in [6.45, 7) is 0.0670. The molecule has 0 saturated heterocycles. The van der Waals surface area contributed by atoms with Gasteiger partial charge in [-0.3, -0.25) is 4.79 Å². The third-order valence-corrected chi connectivity index (χ3v) is 4.23. The number of nitrogens with one attached hydrogen (secondary N) is 2. The predicted molar refractivity (Wildman–Crippen MR) is 80.7 cm³/mol. The lowest BCUT2D eigenvalue weighted by atomic mass is 10.1. The highest BCUT2D eigenvalue weighted by molar-refractivity contribution is 6.33. The third kappa shape index (κ3) is 3.01. The molecule has 20 heavy (non-hydrogen) atoms.